The number of pyridine rings is 1. The van der Waals surface area contributed by atoms with Gasteiger partial charge >= 0.3 is 0 Å². The van der Waals surface area contributed by atoms with Gasteiger partial charge in [0.25, 0.3) is 0 Å². The topological polar surface area (TPSA) is 77.2 Å². The fraction of sp³-hybridized carbons (Fsp3) is 0.538. The number of nitrogens with two attached hydrogens (primary N) is 1. The van der Waals surface area contributed by atoms with Gasteiger partial charge in [0.2, 0.25) is 5.91 Å². The summed E-state index contributed by atoms with van der Waals surface area (Å²) in [5, 5.41) is 3.21. The standard InChI is InChI=1S/C13H19N3O2/c1-10-3-2-4-11(16-10)15-9-13(12(14)17)5-7-18-8-6-13/h2-4H,5-9H2,1H3,(H2,14,17)(H,15,16). The van der Waals surface area contributed by atoms with Crippen LogP contribution >= 0.6 is 0 Å². The average Bonchev–Trinajstić information content (AvgIpc) is 2.37. The lowest BCUT2D eigenvalue weighted by atomic mass is 9.79. The van der Waals surface area contributed by atoms with Gasteiger partial charge in [-0.05, 0) is 31.9 Å². The maximum absolute atomic E-state index is 11.7. The van der Waals surface area contributed by atoms with Gasteiger partial charge in [0.15, 0.2) is 0 Å². The maximum atomic E-state index is 11.7. The zero-order valence-corrected chi connectivity index (χ0v) is 10.6. The second-order valence-electron chi connectivity index (χ2n) is 4.77. The predicted octanol–water partition coefficient (Wildman–Crippen LogP) is 1.08. The largest absolute Gasteiger partial charge is 0.381 e. The van der Waals surface area contributed by atoms with Crippen LogP contribution in [0.5, 0.6) is 0 Å². The Bertz CT molecular complexity index is 428. The molecule has 0 saturated carbocycles. The van der Waals surface area contributed by atoms with Crippen molar-refractivity contribution in [2.45, 2.75) is 19.8 Å². The van der Waals surface area contributed by atoms with Crippen LogP contribution in [0.25, 0.3) is 0 Å². The number of aryl methyl sites for hydroxylation is 1. The Labute approximate surface area is 107 Å². The highest BCUT2D eigenvalue weighted by molar-refractivity contribution is 5.81. The summed E-state index contributed by atoms with van der Waals surface area (Å²) in [7, 11) is 0. The zero-order valence-electron chi connectivity index (χ0n) is 10.6. The first-order chi connectivity index (χ1) is 8.62. The molecule has 1 amide bonds. The molecule has 0 unspecified atom stereocenters. The third-order valence-electron chi connectivity index (χ3n) is 3.47. The number of primary amides is 1. The third kappa shape index (κ3) is 2.79. The van der Waals surface area contributed by atoms with E-state index in [2.05, 4.69) is 10.3 Å². The van der Waals surface area contributed by atoms with E-state index in [0.29, 0.717) is 32.6 Å². The molecular weight excluding hydrogens is 230 g/mol. The van der Waals surface area contributed by atoms with Crippen molar-refractivity contribution < 1.29 is 9.53 Å². The van der Waals surface area contributed by atoms with E-state index in [-0.39, 0.29) is 5.91 Å². The smallest absolute Gasteiger partial charge is 0.225 e. The summed E-state index contributed by atoms with van der Waals surface area (Å²) in [5.74, 6) is 0.521. The molecular formula is C13H19N3O2. The quantitative estimate of drug-likeness (QED) is 0.837. The SMILES string of the molecule is Cc1cccc(NCC2(C(N)=O)CCOCC2)n1. The number of nitrogens with one attached hydrogen (secondary N) is 1. The number of aromatic nitrogens is 1. The molecule has 0 bridgehead atoms. The summed E-state index contributed by atoms with van der Waals surface area (Å²) in [5.41, 5.74) is 5.98. The van der Waals surface area contributed by atoms with Crippen LogP contribution in [0.1, 0.15) is 18.5 Å². The minimum Gasteiger partial charge on any atom is -0.381 e. The lowest BCUT2D eigenvalue weighted by Crippen LogP contribution is -2.46. The van der Waals surface area contributed by atoms with Gasteiger partial charge in [-0.2, -0.15) is 0 Å². The molecule has 0 atom stereocenters. The number of carbonyl (C=O) groups excluding carboxylic acids is 1. The van der Waals surface area contributed by atoms with Crippen LogP contribution in [0, 0.1) is 12.3 Å². The van der Waals surface area contributed by atoms with Crippen molar-refractivity contribution in [1.29, 1.82) is 0 Å². The second-order valence-corrected chi connectivity index (χ2v) is 4.77. The number of hydrogen-bond acceptors (Lipinski definition) is 4. The van der Waals surface area contributed by atoms with Gasteiger partial charge in [-0.15, -0.1) is 0 Å². The lowest BCUT2D eigenvalue weighted by Gasteiger charge is -2.34. The molecule has 1 saturated heterocycles. The number of rotatable bonds is 4. The Morgan fingerprint density at radius 2 is 2.22 bits per heavy atom. The average molecular weight is 249 g/mol. The summed E-state index contributed by atoms with van der Waals surface area (Å²) in [6, 6.07) is 5.76. The number of carbonyl (C=O) groups is 1. The first-order valence-electron chi connectivity index (χ1n) is 6.18. The Hall–Kier alpha value is -1.62. The van der Waals surface area contributed by atoms with Crippen molar-refractivity contribution in [3.8, 4) is 0 Å². The molecule has 2 rings (SSSR count). The van der Waals surface area contributed by atoms with Crippen LogP contribution in [0.15, 0.2) is 18.2 Å². The fourth-order valence-electron chi connectivity index (χ4n) is 2.17. The van der Waals surface area contributed by atoms with Crippen molar-refractivity contribution in [3.63, 3.8) is 0 Å². The summed E-state index contributed by atoms with van der Waals surface area (Å²) in [6.45, 7) is 3.63. The zero-order chi connectivity index (χ0) is 13.0. The van der Waals surface area contributed by atoms with E-state index >= 15 is 0 Å². The van der Waals surface area contributed by atoms with Gasteiger partial charge in [0, 0.05) is 25.5 Å². The molecule has 0 aliphatic carbocycles. The molecule has 1 aliphatic rings. The molecule has 0 aromatic carbocycles. The lowest BCUT2D eigenvalue weighted by molar-refractivity contribution is -0.132. The highest BCUT2D eigenvalue weighted by Crippen LogP contribution is 2.30. The number of hydrogen-bond donors (Lipinski definition) is 2. The van der Waals surface area contributed by atoms with Crippen molar-refractivity contribution in [3.05, 3.63) is 23.9 Å². The molecule has 98 valence electrons. The van der Waals surface area contributed by atoms with E-state index < -0.39 is 5.41 Å². The highest BCUT2D eigenvalue weighted by atomic mass is 16.5. The summed E-state index contributed by atoms with van der Waals surface area (Å²) in [4.78, 5) is 16.0. The Morgan fingerprint density at radius 1 is 1.50 bits per heavy atom. The van der Waals surface area contributed by atoms with Crippen molar-refractivity contribution >= 4 is 11.7 Å². The Balaban J connectivity index is 2.04. The molecule has 1 aromatic heterocycles. The summed E-state index contributed by atoms with van der Waals surface area (Å²) in [6.07, 6.45) is 1.34. The first-order valence-corrected chi connectivity index (χ1v) is 6.18. The normalized spacial score (nSPS) is 18.3. The fourth-order valence-corrected chi connectivity index (χ4v) is 2.17. The van der Waals surface area contributed by atoms with Crippen LogP contribution in [-0.4, -0.2) is 30.6 Å². The highest BCUT2D eigenvalue weighted by Gasteiger charge is 2.38. The molecule has 1 aromatic rings. The monoisotopic (exact) mass is 249 g/mol. The summed E-state index contributed by atoms with van der Waals surface area (Å²) >= 11 is 0. The predicted molar refractivity (Wildman–Crippen MR) is 69.1 cm³/mol. The van der Waals surface area contributed by atoms with Gasteiger partial charge in [0.1, 0.15) is 5.82 Å². The van der Waals surface area contributed by atoms with Crippen LogP contribution in [0.4, 0.5) is 5.82 Å². The van der Waals surface area contributed by atoms with Crippen LogP contribution < -0.4 is 11.1 Å². The molecule has 1 aliphatic heterocycles. The second kappa shape index (κ2) is 5.35. The van der Waals surface area contributed by atoms with Gasteiger partial charge in [0.05, 0.1) is 5.41 Å². The van der Waals surface area contributed by atoms with E-state index in [1.807, 2.05) is 25.1 Å². The van der Waals surface area contributed by atoms with Crippen LogP contribution in [-0.2, 0) is 9.53 Å². The van der Waals surface area contributed by atoms with E-state index in [9.17, 15) is 4.79 Å². The molecule has 5 heteroatoms. The molecule has 18 heavy (non-hydrogen) atoms. The van der Waals surface area contributed by atoms with E-state index in [0.717, 1.165) is 11.5 Å². The van der Waals surface area contributed by atoms with Gasteiger partial charge in [-0.25, -0.2) is 4.98 Å². The van der Waals surface area contributed by atoms with Gasteiger partial charge < -0.3 is 15.8 Å². The number of ether oxygens (including phenoxy) is 1. The number of amides is 1. The summed E-state index contributed by atoms with van der Waals surface area (Å²) < 4.78 is 5.29. The van der Waals surface area contributed by atoms with Crippen molar-refractivity contribution in [1.82, 2.24) is 4.98 Å². The van der Waals surface area contributed by atoms with Crippen LogP contribution in [0.3, 0.4) is 0 Å². The Kier molecular flexibility index (Phi) is 3.81. The van der Waals surface area contributed by atoms with Crippen LogP contribution in [0.2, 0.25) is 0 Å². The number of nitrogens with zero attached hydrogens (tertiary/aromatic N) is 1. The molecule has 0 spiro atoms. The molecule has 0 radical (unpaired) electrons. The minimum atomic E-state index is -0.510. The van der Waals surface area contributed by atoms with E-state index in [4.69, 9.17) is 10.5 Å². The van der Waals surface area contributed by atoms with Gasteiger partial charge in [-0.3, -0.25) is 4.79 Å². The van der Waals surface area contributed by atoms with E-state index in [1.165, 1.54) is 0 Å². The first kappa shape index (κ1) is 12.8. The van der Waals surface area contributed by atoms with Gasteiger partial charge in [-0.1, -0.05) is 6.07 Å². The molecule has 1 fully saturated rings. The van der Waals surface area contributed by atoms with E-state index in [1.54, 1.807) is 0 Å². The minimum absolute atomic E-state index is 0.258. The molecule has 3 N–H and O–H groups in total. The molecule has 5 nitrogen and oxygen atoms in total. The maximum Gasteiger partial charge on any atom is 0.225 e. The van der Waals surface area contributed by atoms with Crippen molar-refractivity contribution in [2.24, 2.45) is 11.1 Å². The van der Waals surface area contributed by atoms with Crippen molar-refractivity contribution in [2.75, 3.05) is 25.1 Å². The Morgan fingerprint density at radius 3 is 2.83 bits per heavy atom. The number of anilines is 1. The third-order valence-corrected chi connectivity index (χ3v) is 3.47. The molecule has 2 heterocycles.